The fourth-order valence-electron chi connectivity index (χ4n) is 1.73. The molecule has 0 radical (unpaired) electrons. The van der Waals surface area contributed by atoms with Crippen LogP contribution in [0.15, 0.2) is 30.5 Å². The number of amides is 1. The molecule has 2 N–H and O–H groups in total. The van der Waals surface area contributed by atoms with Gasteiger partial charge in [0, 0.05) is 24.0 Å². The van der Waals surface area contributed by atoms with E-state index in [4.69, 9.17) is 11.6 Å². The molecule has 1 amide bonds. The molecule has 0 bridgehead atoms. The van der Waals surface area contributed by atoms with Crippen LogP contribution in [-0.4, -0.2) is 22.4 Å². The summed E-state index contributed by atoms with van der Waals surface area (Å²) >= 11 is 5.97. The summed E-state index contributed by atoms with van der Waals surface area (Å²) in [6, 6.07) is 6.79. The van der Waals surface area contributed by atoms with Crippen LogP contribution < -0.4 is 10.6 Å². The van der Waals surface area contributed by atoms with Gasteiger partial charge < -0.3 is 10.6 Å². The second-order valence-electron chi connectivity index (χ2n) is 4.20. The molecule has 2 aromatic rings. The van der Waals surface area contributed by atoms with E-state index in [1.165, 1.54) is 0 Å². The zero-order valence-electron chi connectivity index (χ0n) is 11.3. The molecule has 6 heteroatoms. The van der Waals surface area contributed by atoms with Crippen molar-refractivity contribution in [2.45, 2.75) is 13.8 Å². The first kappa shape index (κ1) is 14.3. The molecule has 0 fully saturated rings. The van der Waals surface area contributed by atoms with Crippen molar-refractivity contribution in [3.05, 3.63) is 46.7 Å². The van der Waals surface area contributed by atoms with Crippen LogP contribution in [0.5, 0.6) is 0 Å². The summed E-state index contributed by atoms with van der Waals surface area (Å²) < 4.78 is 0. The molecule has 104 valence electrons. The van der Waals surface area contributed by atoms with Crippen LogP contribution in [0, 0.1) is 6.92 Å². The Kier molecular flexibility index (Phi) is 4.53. The van der Waals surface area contributed by atoms with E-state index in [-0.39, 0.29) is 5.91 Å². The van der Waals surface area contributed by atoms with E-state index >= 15 is 0 Å². The Morgan fingerprint density at radius 3 is 2.90 bits per heavy atom. The molecule has 2 aromatic heterocycles. The van der Waals surface area contributed by atoms with Crippen LogP contribution in [0.1, 0.15) is 23.0 Å². The maximum absolute atomic E-state index is 12.2. The maximum atomic E-state index is 12.2. The molecule has 2 rings (SSSR count). The zero-order valence-corrected chi connectivity index (χ0v) is 12.0. The first-order valence-electron chi connectivity index (χ1n) is 6.24. The van der Waals surface area contributed by atoms with E-state index in [9.17, 15) is 4.79 Å². The lowest BCUT2D eigenvalue weighted by Gasteiger charge is -2.09. The number of pyridine rings is 2. The molecule has 0 atom stereocenters. The number of nitrogens with one attached hydrogen (secondary N) is 2. The SMILES string of the molecule is CCNc1cc(C(=O)Nc2ncccc2Cl)cc(C)n1. The van der Waals surface area contributed by atoms with Crippen molar-refractivity contribution in [1.82, 2.24) is 9.97 Å². The van der Waals surface area contributed by atoms with Gasteiger partial charge >= 0.3 is 0 Å². The Morgan fingerprint density at radius 1 is 1.40 bits per heavy atom. The molecule has 0 saturated carbocycles. The van der Waals surface area contributed by atoms with Crippen molar-refractivity contribution in [1.29, 1.82) is 0 Å². The van der Waals surface area contributed by atoms with Crippen molar-refractivity contribution in [2.75, 3.05) is 17.2 Å². The van der Waals surface area contributed by atoms with E-state index in [1.54, 1.807) is 30.5 Å². The van der Waals surface area contributed by atoms with Gasteiger partial charge in [-0.25, -0.2) is 9.97 Å². The minimum atomic E-state index is -0.268. The van der Waals surface area contributed by atoms with E-state index in [0.29, 0.717) is 22.2 Å². The highest BCUT2D eigenvalue weighted by Gasteiger charge is 2.11. The lowest BCUT2D eigenvalue weighted by Crippen LogP contribution is -2.14. The highest BCUT2D eigenvalue weighted by atomic mass is 35.5. The molecule has 2 heterocycles. The van der Waals surface area contributed by atoms with Gasteiger partial charge in [0.25, 0.3) is 5.91 Å². The van der Waals surface area contributed by atoms with Gasteiger partial charge in [0.2, 0.25) is 0 Å². The topological polar surface area (TPSA) is 66.9 Å². The molecular weight excluding hydrogens is 276 g/mol. The van der Waals surface area contributed by atoms with Gasteiger partial charge in [-0.05, 0) is 38.1 Å². The number of carbonyl (C=O) groups excluding carboxylic acids is 1. The Balaban J connectivity index is 2.23. The number of rotatable bonds is 4. The number of aromatic nitrogens is 2. The van der Waals surface area contributed by atoms with Gasteiger partial charge in [-0.2, -0.15) is 0 Å². The molecule has 0 aliphatic heterocycles. The van der Waals surface area contributed by atoms with E-state index in [1.807, 2.05) is 13.8 Å². The molecule has 5 nitrogen and oxygen atoms in total. The third-order valence-electron chi connectivity index (χ3n) is 2.56. The Hall–Kier alpha value is -2.14. The predicted octanol–water partition coefficient (Wildman–Crippen LogP) is 3.12. The van der Waals surface area contributed by atoms with Crippen molar-refractivity contribution in [2.24, 2.45) is 0 Å². The van der Waals surface area contributed by atoms with Crippen molar-refractivity contribution < 1.29 is 4.79 Å². The number of nitrogens with zero attached hydrogens (tertiary/aromatic N) is 2. The van der Waals surface area contributed by atoms with E-state index in [2.05, 4.69) is 20.6 Å². The van der Waals surface area contributed by atoms with Crippen molar-refractivity contribution >= 4 is 29.1 Å². The molecule has 0 aliphatic rings. The van der Waals surface area contributed by atoms with E-state index < -0.39 is 0 Å². The Morgan fingerprint density at radius 2 is 2.20 bits per heavy atom. The fourth-order valence-corrected chi connectivity index (χ4v) is 1.90. The fraction of sp³-hybridized carbons (Fsp3) is 0.214. The number of carbonyl (C=O) groups is 1. The molecular formula is C14H15ClN4O. The van der Waals surface area contributed by atoms with Gasteiger partial charge in [0.1, 0.15) is 5.82 Å². The van der Waals surface area contributed by atoms with Crippen LogP contribution in [0.25, 0.3) is 0 Å². The average molecular weight is 291 g/mol. The summed E-state index contributed by atoms with van der Waals surface area (Å²) in [4.78, 5) is 20.5. The number of hydrogen-bond acceptors (Lipinski definition) is 4. The summed E-state index contributed by atoms with van der Waals surface area (Å²) in [5.41, 5.74) is 1.27. The molecule has 20 heavy (non-hydrogen) atoms. The standard InChI is InChI=1S/C14H15ClN4O/c1-3-16-12-8-10(7-9(2)18-12)14(20)19-13-11(15)5-4-6-17-13/h4-8H,3H2,1-2H3,(H,16,18)(H,17,19,20). The second kappa shape index (κ2) is 6.34. The highest BCUT2D eigenvalue weighted by Crippen LogP contribution is 2.19. The monoisotopic (exact) mass is 290 g/mol. The first-order chi connectivity index (χ1) is 9.60. The smallest absolute Gasteiger partial charge is 0.257 e. The van der Waals surface area contributed by atoms with Crippen LogP contribution in [0.3, 0.4) is 0 Å². The molecule has 0 unspecified atom stereocenters. The van der Waals surface area contributed by atoms with Crippen molar-refractivity contribution in [3.63, 3.8) is 0 Å². The number of hydrogen-bond donors (Lipinski definition) is 2. The molecule has 0 spiro atoms. The predicted molar refractivity (Wildman–Crippen MR) is 80.3 cm³/mol. The second-order valence-corrected chi connectivity index (χ2v) is 4.61. The normalized spacial score (nSPS) is 10.2. The summed E-state index contributed by atoms with van der Waals surface area (Å²) in [6.07, 6.45) is 1.57. The van der Waals surface area contributed by atoms with Crippen LogP contribution in [0.2, 0.25) is 5.02 Å². The summed E-state index contributed by atoms with van der Waals surface area (Å²) in [5.74, 6) is 0.749. The first-order valence-corrected chi connectivity index (χ1v) is 6.62. The summed E-state index contributed by atoms with van der Waals surface area (Å²) in [7, 11) is 0. The van der Waals surface area contributed by atoms with Gasteiger partial charge in [-0.1, -0.05) is 11.6 Å². The Bertz CT molecular complexity index is 630. The summed E-state index contributed by atoms with van der Waals surface area (Å²) in [6.45, 7) is 4.55. The van der Waals surface area contributed by atoms with Gasteiger partial charge in [-0.15, -0.1) is 0 Å². The van der Waals surface area contributed by atoms with Crippen LogP contribution in [0.4, 0.5) is 11.6 Å². The Labute approximate surface area is 122 Å². The minimum Gasteiger partial charge on any atom is -0.370 e. The quantitative estimate of drug-likeness (QED) is 0.908. The third-order valence-corrected chi connectivity index (χ3v) is 2.87. The van der Waals surface area contributed by atoms with E-state index in [0.717, 1.165) is 12.2 Å². The summed E-state index contributed by atoms with van der Waals surface area (Å²) in [5, 5.41) is 6.17. The molecule has 0 saturated heterocycles. The van der Waals surface area contributed by atoms with Crippen molar-refractivity contribution in [3.8, 4) is 0 Å². The minimum absolute atomic E-state index is 0.268. The maximum Gasteiger partial charge on any atom is 0.257 e. The number of aryl methyl sites for hydroxylation is 1. The highest BCUT2D eigenvalue weighted by molar-refractivity contribution is 6.33. The number of anilines is 2. The van der Waals surface area contributed by atoms with Gasteiger partial charge in [-0.3, -0.25) is 4.79 Å². The lowest BCUT2D eigenvalue weighted by molar-refractivity contribution is 0.102. The molecule has 0 aliphatic carbocycles. The largest absolute Gasteiger partial charge is 0.370 e. The van der Waals surface area contributed by atoms with Crippen LogP contribution >= 0.6 is 11.6 Å². The van der Waals surface area contributed by atoms with Crippen LogP contribution in [-0.2, 0) is 0 Å². The average Bonchev–Trinajstić information content (AvgIpc) is 2.41. The van der Waals surface area contributed by atoms with Gasteiger partial charge in [0.15, 0.2) is 5.82 Å². The lowest BCUT2D eigenvalue weighted by atomic mass is 10.2. The van der Waals surface area contributed by atoms with Gasteiger partial charge in [0.05, 0.1) is 5.02 Å². The molecule has 0 aromatic carbocycles. The zero-order chi connectivity index (χ0) is 14.5. The number of halogens is 1. The third kappa shape index (κ3) is 3.45.